The first-order valence-corrected chi connectivity index (χ1v) is 3.79. The number of pyridine rings is 1. The fourth-order valence-electron chi connectivity index (χ4n) is 1.32. The molecule has 0 saturated carbocycles. The summed E-state index contributed by atoms with van der Waals surface area (Å²) in [5.74, 6) is 0.409. The Balaban J connectivity index is 2.58. The molecule has 0 fully saturated rings. The third-order valence-corrected chi connectivity index (χ3v) is 2.15. The smallest absolute Gasteiger partial charge is 0.0851 e. The molecule has 0 radical (unpaired) electrons. The van der Waals surface area contributed by atoms with E-state index in [2.05, 4.69) is 16.9 Å². The summed E-state index contributed by atoms with van der Waals surface area (Å²) in [5.41, 5.74) is 3.32. The molecule has 1 aromatic heterocycles. The second-order valence-electron chi connectivity index (χ2n) is 2.88. The van der Waals surface area contributed by atoms with Gasteiger partial charge >= 0.3 is 0 Å². The lowest BCUT2D eigenvalue weighted by molar-refractivity contribution is 0.977. The fourth-order valence-corrected chi connectivity index (χ4v) is 1.32. The van der Waals surface area contributed by atoms with Crippen LogP contribution in [0.4, 0.5) is 5.69 Å². The maximum Gasteiger partial charge on any atom is 0.0851 e. The van der Waals surface area contributed by atoms with E-state index in [9.17, 15) is 0 Å². The van der Waals surface area contributed by atoms with E-state index in [0.717, 1.165) is 11.4 Å². The van der Waals surface area contributed by atoms with Gasteiger partial charge in [-0.2, -0.15) is 0 Å². The molecule has 1 unspecified atom stereocenters. The van der Waals surface area contributed by atoms with Crippen LogP contribution in [0.25, 0.3) is 0 Å². The van der Waals surface area contributed by atoms with Gasteiger partial charge in [0.1, 0.15) is 0 Å². The Morgan fingerprint density at radius 1 is 1.45 bits per heavy atom. The highest BCUT2D eigenvalue weighted by Gasteiger charge is 2.20. The monoisotopic (exact) mass is 146 g/mol. The van der Waals surface area contributed by atoms with Gasteiger partial charge in [0.25, 0.3) is 0 Å². The van der Waals surface area contributed by atoms with Crippen molar-refractivity contribution < 1.29 is 0 Å². The molecule has 0 aromatic carbocycles. The molecule has 0 spiro atoms. The van der Waals surface area contributed by atoms with Crippen LogP contribution in [-0.4, -0.2) is 10.7 Å². The summed E-state index contributed by atoms with van der Waals surface area (Å²) in [5, 5.41) is 0. The van der Waals surface area contributed by atoms with Crippen LogP contribution in [0, 0.1) is 0 Å². The van der Waals surface area contributed by atoms with Crippen molar-refractivity contribution in [3.8, 4) is 0 Å². The molecule has 0 bridgehead atoms. The number of aliphatic imine (C=N–C) groups is 1. The lowest BCUT2D eigenvalue weighted by Crippen LogP contribution is -1.99. The zero-order valence-electron chi connectivity index (χ0n) is 6.70. The highest BCUT2D eigenvalue weighted by molar-refractivity contribution is 5.95. The fraction of sp³-hybridized carbons (Fsp3) is 0.333. The second kappa shape index (κ2) is 2.16. The molecule has 56 valence electrons. The second-order valence-corrected chi connectivity index (χ2v) is 2.88. The molecule has 0 aliphatic carbocycles. The predicted octanol–water partition coefficient (Wildman–Crippen LogP) is 2.29. The van der Waals surface area contributed by atoms with Crippen LogP contribution in [0.1, 0.15) is 25.5 Å². The molecule has 1 aliphatic rings. The van der Waals surface area contributed by atoms with E-state index in [1.165, 1.54) is 5.71 Å². The topological polar surface area (TPSA) is 25.2 Å². The Hall–Kier alpha value is -1.18. The van der Waals surface area contributed by atoms with Crippen molar-refractivity contribution in [2.45, 2.75) is 19.8 Å². The van der Waals surface area contributed by atoms with Gasteiger partial charge in [-0.05, 0) is 19.1 Å². The molecule has 1 atom stereocenters. The molecular formula is C9H10N2. The molecule has 2 heterocycles. The van der Waals surface area contributed by atoms with E-state index in [1.54, 1.807) is 0 Å². The highest BCUT2D eigenvalue weighted by Crippen LogP contribution is 2.32. The van der Waals surface area contributed by atoms with E-state index < -0.39 is 0 Å². The molecular weight excluding hydrogens is 136 g/mol. The Kier molecular flexibility index (Phi) is 1.28. The average Bonchev–Trinajstić information content (AvgIpc) is 2.30. The summed E-state index contributed by atoms with van der Waals surface area (Å²) in [4.78, 5) is 8.66. The molecule has 2 rings (SSSR count). The van der Waals surface area contributed by atoms with Crippen molar-refractivity contribution in [2.24, 2.45) is 4.99 Å². The van der Waals surface area contributed by atoms with Crippen LogP contribution < -0.4 is 0 Å². The van der Waals surface area contributed by atoms with Crippen LogP contribution in [-0.2, 0) is 0 Å². The summed E-state index contributed by atoms with van der Waals surface area (Å²) < 4.78 is 0. The number of fused-ring (bicyclic) bond motifs is 1. The summed E-state index contributed by atoms with van der Waals surface area (Å²) >= 11 is 0. The van der Waals surface area contributed by atoms with E-state index >= 15 is 0 Å². The van der Waals surface area contributed by atoms with Gasteiger partial charge in [-0.15, -0.1) is 0 Å². The molecule has 1 aromatic rings. The zero-order chi connectivity index (χ0) is 7.84. The molecule has 0 N–H and O–H groups in total. The summed E-state index contributed by atoms with van der Waals surface area (Å²) in [7, 11) is 0. The predicted molar refractivity (Wildman–Crippen MR) is 45.4 cm³/mol. The van der Waals surface area contributed by atoms with Crippen LogP contribution in [0.5, 0.6) is 0 Å². The standard InChI is InChI=1S/C9H10N2/c1-6-7(2)11-8-4-3-5-10-9(6)8/h3-6H,1-2H3. The SMILES string of the molecule is CC1=Nc2cccnc2C1C. The molecule has 11 heavy (non-hydrogen) atoms. The van der Waals surface area contributed by atoms with Gasteiger partial charge in [0.2, 0.25) is 0 Å². The summed E-state index contributed by atoms with van der Waals surface area (Å²) in [6.07, 6.45) is 1.82. The minimum absolute atomic E-state index is 0.409. The van der Waals surface area contributed by atoms with Crippen molar-refractivity contribution >= 4 is 11.4 Å². The molecule has 1 aliphatic heterocycles. The first kappa shape index (κ1) is 6.53. The van der Waals surface area contributed by atoms with Gasteiger partial charge in [0.15, 0.2) is 0 Å². The largest absolute Gasteiger partial charge is 0.258 e. The summed E-state index contributed by atoms with van der Waals surface area (Å²) in [6, 6.07) is 3.93. The minimum atomic E-state index is 0.409. The molecule has 0 saturated heterocycles. The van der Waals surface area contributed by atoms with Gasteiger partial charge in [0, 0.05) is 17.8 Å². The number of rotatable bonds is 0. The quantitative estimate of drug-likeness (QED) is 0.551. The number of hydrogen-bond donors (Lipinski definition) is 0. The van der Waals surface area contributed by atoms with Crippen molar-refractivity contribution in [1.29, 1.82) is 0 Å². The maximum absolute atomic E-state index is 4.39. The highest BCUT2D eigenvalue weighted by atomic mass is 14.9. The van der Waals surface area contributed by atoms with Crippen LogP contribution >= 0.6 is 0 Å². The van der Waals surface area contributed by atoms with E-state index in [0.29, 0.717) is 5.92 Å². The van der Waals surface area contributed by atoms with Crippen LogP contribution in [0.15, 0.2) is 23.3 Å². The third-order valence-electron chi connectivity index (χ3n) is 2.15. The summed E-state index contributed by atoms with van der Waals surface area (Å²) in [6.45, 7) is 4.18. The van der Waals surface area contributed by atoms with Crippen LogP contribution in [0.2, 0.25) is 0 Å². The van der Waals surface area contributed by atoms with E-state index in [-0.39, 0.29) is 0 Å². The van der Waals surface area contributed by atoms with Crippen molar-refractivity contribution in [3.63, 3.8) is 0 Å². The Bertz CT molecular complexity index is 315. The van der Waals surface area contributed by atoms with Gasteiger partial charge in [-0.1, -0.05) is 6.92 Å². The van der Waals surface area contributed by atoms with Gasteiger partial charge in [0.05, 0.1) is 11.4 Å². The first-order chi connectivity index (χ1) is 5.29. The van der Waals surface area contributed by atoms with Gasteiger partial charge in [-0.25, -0.2) is 0 Å². The van der Waals surface area contributed by atoms with Gasteiger partial charge in [-0.3, -0.25) is 9.98 Å². The first-order valence-electron chi connectivity index (χ1n) is 3.79. The number of aromatic nitrogens is 1. The lowest BCUT2D eigenvalue weighted by atomic mass is 10.1. The zero-order valence-corrected chi connectivity index (χ0v) is 6.70. The Morgan fingerprint density at radius 3 is 3.00 bits per heavy atom. The average molecular weight is 146 g/mol. The third kappa shape index (κ3) is 0.862. The van der Waals surface area contributed by atoms with Gasteiger partial charge < -0.3 is 0 Å². The molecule has 2 heteroatoms. The molecule has 2 nitrogen and oxygen atoms in total. The Morgan fingerprint density at radius 2 is 2.27 bits per heavy atom. The lowest BCUT2D eigenvalue weighted by Gasteiger charge is -2.01. The maximum atomic E-state index is 4.39. The minimum Gasteiger partial charge on any atom is -0.258 e. The van der Waals surface area contributed by atoms with Crippen LogP contribution in [0.3, 0.4) is 0 Å². The normalized spacial score (nSPS) is 21.3. The van der Waals surface area contributed by atoms with Crippen molar-refractivity contribution in [1.82, 2.24) is 4.98 Å². The van der Waals surface area contributed by atoms with E-state index in [1.807, 2.05) is 25.3 Å². The molecule has 0 amide bonds. The number of nitrogens with zero attached hydrogens (tertiary/aromatic N) is 2. The van der Waals surface area contributed by atoms with Crippen molar-refractivity contribution in [2.75, 3.05) is 0 Å². The Labute approximate surface area is 66.0 Å². The van der Waals surface area contributed by atoms with E-state index in [4.69, 9.17) is 0 Å². The van der Waals surface area contributed by atoms with Crippen molar-refractivity contribution in [3.05, 3.63) is 24.0 Å². The number of hydrogen-bond acceptors (Lipinski definition) is 2.